The molecule has 0 aliphatic carbocycles. The zero-order valence-corrected chi connectivity index (χ0v) is 13.9. The molecule has 2 heterocycles. The van der Waals surface area contributed by atoms with Gasteiger partial charge in [-0.2, -0.15) is 0 Å². The van der Waals surface area contributed by atoms with Gasteiger partial charge in [0.1, 0.15) is 0 Å². The van der Waals surface area contributed by atoms with Crippen molar-refractivity contribution in [2.75, 3.05) is 25.0 Å². The Labute approximate surface area is 140 Å². The number of hydrogen-bond acceptors (Lipinski definition) is 3. The molecule has 3 rings (SSSR count). The molecule has 0 atom stereocenters. The average Bonchev–Trinajstić information content (AvgIpc) is 3.24. The summed E-state index contributed by atoms with van der Waals surface area (Å²) in [5, 5.41) is 8.35. The molecule has 2 aromatic rings. The third-order valence-corrected chi connectivity index (χ3v) is 4.71. The lowest BCUT2D eigenvalue weighted by Crippen LogP contribution is -2.44. The predicted octanol–water partition coefficient (Wildman–Crippen LogP) is 2.00. The first-order chi connectivity index (χ1) is 11.3. The van der Waals surface area contributed by atoms with E-state index >= 15 is 0 Å². The fourth-order valence-corrected chi connectivity index (χ4v) is 3.30. The summed E-state index contributed by atoms with van der Waals surface area (Å²) in [5.74, 6) is 0.702. The monoisotopic (exact) mass is 328 g/mol. The summed E-state index contributed by atoms with van der Waals surface area (Å²) in [4.78, 5) is 19.7. The van der Waals surface area contributed by atoms with Gasteiger partial charge in [0.05, 0.1) is 13.1 Å². The van der Waals surface area contributed by atoms with Crippen LogP contribution >= 0.6 is 11.3 Å². The molecule has 1 aliphatic heterocycles. The minimum atomic E-state index is 0.0639. The summed E-state index contributed by atoms with van der Waals surface area (Å²) in [7, 11) is 1.71. The van der Waals surface area contributed by atoms with Crippen LogP contribution in [0.1, 0.15) is 10.4 Å². The Morgan fingerprint density at radius 2 is 2.13 bits per heavy atom. The molecular formula is C17H20N4OS. The van der Waals surface area contributed by atoms with E-state index < -0.39 is 0 Å². The van der Waals surface area contributed by atoms with Gasteiger partial charge in [-0.15, -0.1) is 11.3 Å². The van der Waals surface area contributed by atoms with Crippen molar-refractivity contribution in [3.05, 3.63) is 52.2 Å². The third kappa shape index (κ3) is 3.71. The fourth-order valence-electron chi connectivity index (χ4n) is 2.66. The number of carbonyl (C=O) groups excluding carboxylic acids is 1. The van der Waals surface area contributed by atoms with E-state index in [2.05, 4.69) is 27.8 Å². The Balaban J connectivity index is 1.52. The summed E-state index contributed by atoms with van der Waals surface area (Å²) < 4.78 is 0. The van der Waals surface area contributed by atoms with Crippen molar-refractivity contribution in [3.63, 3.8) is 0 Å². The first kappa shape index (κ1) is 15.6. The number of fused-ring (bicyclic) bond motifs is 1. The maximum atomic E-state index is 12.4. The van der Waals surface area contributed by atoms with E-state index in [1.165, 1.54) is 10.4 Å². The summed E-state index contributed by atoms with van der Waals surface area (Å²) >= 11 is 1.69. The minimum absolute atomic E-state index is 0.0639. The number of anilines is 1. The van der Waals surface area contributed by atoms with Gasteiger partial charge in [0, 0.05) is 24.2 Å². The highest BCUT2D eigenvalue weighted by atomic mass is 32.1. The maximum Gasteiger partial charge on any atom is 0.246 e. The van der Waals surface area contributed by atoms with E-state index in [0.29, 0.717) is 12.5 Å². The molecule has 0 fully saturated rings. The summed E-state index contributed by atoms with van der Waals surface area (Å²) in [6.45, 7) is 1.69. The molecule has 0 spiro atoms. The van der Waals surface area contributed by atoms with Crippen LogP contribution in [0.5, 0.6) is 0 Å². The number of amides is 1. The van der Waals surface area contributed by atoms with E-state index in [4.69, 9.17) is 0 Å². The topological polar surface area (TPSA) is 56.7 Å². The van der Waals surface area contributed by atoms with Crippen molar-refractivity contribution in [2.45, 2.75) is 13.0 Å². The van der Waals surface area contributed by atoms with Crippen LogP contribution < -0.4 is 15.5 Å². The smallest absolute Gasteiger partial charge is 0.246 e. The van der Waals surface area contributed by atoms with Crippen molar-refractivity contribution in [2.24, 2.45) is 4.99 Å². The van der Waals surface area contributed by atoms with Crippen LogP contribution in [0, 0.1) is 0 Å². The molecule has 5 nitrogen and oxygen atoms in total. The van der Waals surface area contributed by atoms with E-state index in [9.17, 15) is 4.79 Å². The maximum absolute atomic E-state index is 12.4. The van der Waals surface area contributed by atoms with Crippen molar-refractivity contribution < 1.29 is 4.79 Å². The van der Waals surface area contributed by atoms with Crippen molar-refractivity contribution in [1.82, 2.24) is 10.6 Å². The number of hydrogen-bond donors (Lipinski definition) is 2. The third-order valence-electron chi connectivity index (χ3n) is 3.83. The van der Waals surface area contributed by atoms with Gasteiger partial charge >= 0.3 is 0 Å². The molecule has 1 aromatic heterocycles. The number of para-hydroxylation sites is 1. The lowest BCUT2D eigenvalue weighted by Gasteiger charge is -2.18. The number of aliphatic imine (C=N–C) groups is 1. The largest absolute Gasteiger partial charge is 0.352 e. The highest BCUT2D eigenvalue weighted by Crippen LogP contribution is 2.27. The first-order valence-corrected chi connectivity index (χ1v) is 8.51. The predicted molar refractivity (Wildman–Crippen MR) is 95.0 cm³/mol. The first-order valence-electron chi connectivity index (χ1n) is 7.63. The number of nitrogens with one attached hydrogen (secondary N) is 2. The lowest BCUT2D eigenvalue weighted by atomic mass is 10.2. The van der Waals surface area contributed by atoms with E-state index in [-0.39, 0.29) is 12.5 Å². The van der Waals surface area contributed by atoms with Gasteiger partial charge in [-0.1, -0.05) is 24.3 Å². The number of guanidine groups is 1. The zero-order valence-electron chi connectivity index (χ0n) is 13.1. The number of thiophene rings is 1. The molecule has 1 amide bonds. The average molecular weight is 328 g/mol. The Bertz CT molecular complexity index is 696. The van der Waals surface area contributed by atoms with Gasteiger partial charge in [0.15, 0.2) is 5.96 Å². The highest BCUT2D eigenvalue weighted by Gasteiger charge is 2.23. The number of benzene rings is 1. The normalized spacial score (nSPS) is 13.8. The van der Waals surface area contributed by atoms with Crippen LogP contribution in [0.15, 0.2) is 46.8 Å². The van der Waals surface area contributed by atoms with Crippen LogP contribution in [0.4, 0.5) is 5.69 Å². The summed E-state index contributed by atoms with van der Waals surface area (Å²) in [6, 6.07) is 12.2. The van der Waals surface area contributed by atoms with E-state index in [1.807, 2.05) is 34.5 Å². The quantitative estimate of drug-likeness (QED) is 0.667. The molecular weight excluding hydrogens is 308 g/mol. The molecule has 1 aliphatic rings. The van der Waals surface area contributed by atoms with E-state index in [0.717, 1.165) is 18.7 Å². The lowest BCUT2D eigenvalue weighted by molar-refractivity contribution is -0.117. The number of rotatable bonds is 4. The number of nitrogens with zero attached hydrogens (tertiary/aromatic N) is 2. The van der Waals surface area contributed by atoms with Gasteiger partial charge in [-0.25, -0.2) is 0 Å². The van der Waals surface area contributed by atoms with Gasteiger partial charge in [-0.05, 0) is 29.5 Å². The van der Waals surface area contributed by atoms with Crippen molar-refractivity contribution in [3.8, 4) is 0 Å². The standard InChI is InChI=1S/C17H20N4OS/c1-18-17(19-11-14-6-4-10-23-14)20-12-16(22)21-9-8-13-5-2-3-7-15(13)21/h2-7,10H,8-9,11-12H2,1H3,(H2,18,19,20). The van der Waals surface area contributed by atoms with Gasteiger partial charge < -0.3 is 15.5 Å². The van der Waals surface area contributed by atoms with Crippen molar-refractivity contribution in [1.29, 1.82) is 0 Å². The van der Waals surface area contributed by atoms with Crippen LogP contribution in [0.2, 0.25) is 0 Å². The second-order valence-corrected chi connectivity index (χ2v) is 6.32. The van der Waals surface area contributed by atoms with Crippen LogP contribution in [-0.4, -0.2) is 32.0 Å². The van der Waals surface area contributed by atoms with Gasteiger partial charge in [0.25, 0.3) is 0 Å². The molecule has 120 valence electrons. The summed E-state index contributed by atoms with van der Waals surface area (Å²) in [5.41, 5.74) is 2.27. The molecule has 6 heteroatoms. The second-order valence-electron chi connectivity index (χ2n) is 5.28. The minimum Gasteiger partial charge on any atom is -0.352 e. The SMILES string of the molecule is CN=C(NCC(=O)N1CCc2ccccc21)NCc1cccs1. The second kappa shape index (κ2) is 7.28. The van der Waals surface area contributed by atoms with Crippen LogP contribution in [0.25, 0.3) is 0 Å². The van der Waals surface area contributed by atoms with E-state index in [1.54, 1.807) is 18.4 Å². The number of carbonyl (C=O) groups is 1. The fraction of sp³-hybridized carbons (Fsp3) is 0.294. The molecule has 23 heavy (non-hydrogen) atoms. The molecule has 0 unspecified atom stereocenters. The molecule has 0 radical (unpaired) electrons. The van der Waals surface area contributed by atoms with Crippen molar-refractivity contribution >= 4 is 28.9 Å². The molecule has 2 N–H and O–H groups in total. The molecule has 0 bridgehead atoms. The Kier molecular flexibility index (Phi) is 4.92. The zero-order chi connectivity index (χ0) is 16.1. The Morgan fingerprint density at radius 3 is 2.91 bits per heavy atom. The van der Waals surface area contributed by atoms with Gasteiger partial charge in [0.2, 0.25) is 5.91 Å². The highest BCUT2D eigenvalue weighted by molar-refractivity contribution is 7.09. The summed E-state index contributed by atoms with van der Waals surface area (Å²) in [6.07, 6.45) is 0.924. The van der Waals surface area contributed by atoms with Gasteiger partial charge in [-0.3, -0.25) is 9.79 Å². The Morgan fingerprint density at radius 1 is 1.26 bits per heavy atom. The van der Waals surface area contributed by atoms with Crippen LogP contribution in [0.3, 0.4) is 0 Å². The molecule has 1 aromatic carbocycles. The molecule has 0 saturated carbocycles. The van der Waals surface area contributed by atoms with Crippen LogP contribution in [-0.2, 0) is 17.8 Å². The Hall–Kier alpha value is -2.34. The molecule has 0 saturated heterocycles.